The third kappa shape index (κ3) is 5.89. The Kier molecular flexibility index (Phi) is 8.23. The highest BCUT2D eigenvalue weighted by Crippen LogP contribution is 2.45. The zero-order chi connectivity index (χ0) is 30.1. The molecule has 3 heterocycles. The van der Waals surface area contributed by atoms with Gasteiger partial charge in [0.05, 0.1) is 18.2 Å². The van der Waals surface area contributed by atoms with Crippen LogP contribution in [0, 0.1) is 6.92 Å². The topological polar surface area (TPSA) is 102 Å². The van der Waals surface area contributed by atoms with Crippen molar-refractivity contribution in [3.8, 4) is 11.5 Å². The molecular formula is C33H31N3O5S2. The van der Waals surface area contributed by atoms with Gasteiger partial charge < -0.3 is 14.6 Å². The zero-order valence-electron chi connectivity index (χ0n) is 24.1. The van der Waals surface area contributed by atoms with E-state index in [0.717, 1.165) is 23.3 Å². The molecule has 1 fully saturated rings. The van der Waals surface area contributed by atoms with Crippen molar-refractivity contribution in [2.75, 3.05) is 11.5 Å². The molecule has 1 amide bonds. The van der Waals surface area contributed by atoms with Crippen molar-refractivity contribution < 1.29 is 24.2 Å². The molecule has 1 saturated heterocycles. The third-order valence-electron chi connectivity index (χ3n) is 7.35. The van der Waals surface area contributed by atoms with E-state index in [1.807, 2.05) is 45.0 Å². The number of anilines is 1. The minimum Gasteiger partial charge on any atom is -0.507 e. The fraction of sp³-hybridized carbons (Fsp3) is 0.273. The van der Waals surface area contributed by atoms with Gasteiger partial charge in [0.1, 0.15) is 23.4 Å². The number of carbonyl (C=O) groups is 2. The number of aryl methyl sites for hydroxylation is 1. The Balaban J connectivity index is 1.39. The number of amides is 1. The predicted molar refractivity (Wildman–Crippen MR) is 168 cm³/mol. The van der Waals surface area contributed by atoms with Gasteiger partial charge in [0.25, 0.3) is 5.78 Å². The van der Waals surface area contributed by atoms with Crippen LogP contribution in [-0.4, -0.2) is 39.7 Å². The van der Waals surface area contributed by atoms with Gasteiger partial charge >= 0.3 is 5.91 Å². The van der Waals surface area contributed by atoms with Gasteiger partial charge in [-0.25, -0.2) is 0 Å². The second kappa shape index (κ2) is 12.2. The van der Waals surface area contributed by atoms with Crippen molar-refractivity contribution in [3.05, 3.63) is 100 Å². The van der Waals surface area contributed by atoms with Gasteiger partial charge in [-0.1, -0.05) is 72.0 Å². The quantitative estimate of drug-likeness (QED) is 0.0717. The fourth-order valence-electron chi connectivity index (χ4n) is 5.25. The van der Waals surface area contributed by atoms with E-state index in [0.29, 0.717) is 40.0 Å². The molecular weight excluding hydrogens is 583 g/mol. The van der Waals surface area contributed by atoms with E-state index in [1.165, 1.54) is 33.6 Å². The number of aromatic nitrogens is 2. The number of fused-ring (bicyclic) bond motifs is 1. The van der Waals surface area contributed by atoms with Crippen LogP contribution in [-0.2, 0) is 21.8 Å². The van der Waals surface area contributed by atoms with Gasteiger partial charge in [-0.3, -0.25) is 14.5 Å². The number of aliphatic hydroxyl groups is 1. The second-order valence-corrected chi connectivity index (χ2v) is 12.8. The van der Waals surface area contributed by atoms with Crippen LogP contribution in [0.4, 0.5) is 5.13 Å². The van der Waals surface area contributed by atoms with Crippen LogP contribution in [0.1, 0.15) is 54.1 Å². The Bertz CT molecular complexity index is 1720. The van der Waals surface area contributed by atoms with E-state index in [-0.39, 0.29) is 22.6 Å². The molecule has 2 aliphatic rings. The molecule has 4 aromatic rings. The lowest BCUT2D eigenvalue weighted by molar-refractivity contribution is -0.132. The summed E-state index contributed by atoms with van der Waals surface area (Å²) < 4.78 is 12.4. The average Bonchev–Trinajstić information content (AvgIpc) is 3.70. The molecule has 0 radical (unpaired) electrons. The number of ether oxygens (including phenoxy) is 2. The Labute approximate surface area is 258 Å². The lowest BCUT2D eigenvalue weighted by atomic mass is 9.94. The molecule has 43 heavy (non-hydrogen) atoms. The SMILES string of the molecule is CCCOc1cccc(C2C(=C(O)c3ccc4c(c3)CC(C)O4)C(=O)C(=O)N2c2nnc(SCc3ccc(C)cc3)s2)c1. The molecule has 1 N–H and O–H groups in total. The lowest BCUT2D eigenvalue weighted by Gasteiger charge is -2.23. The van der Waals surface area contributed by atoms with E-state index in [1.54, 1.807) is 18.2 Å². The first-order valence-corrected chi connectivity index (χ1v) is 16.0. The molecule has 8 nitrogen and oxygen atoms in total. The summed E-state index contributed by atoms with van der Waals surface area (Å²) in [5.41, 5.74) is 4.34. The van der Waals surface area contributed by atoms with E-state index < -0.39 is 17.7 Å². The molecule has 0 aliphatic carbocycles. The first kappa shape index (κ1) is 28.9. The summed E-state index contributed by atoms with van der Waals surface area (Å²) in [4.78, 5) is 28.7. The third-order valence-corrected chi connectivity index (χ3v) is 9.47. The lowest BCUT2D eigenvalue weighted by Crippen LogP contribution is -2.29. The minimum atomic E-state index is -0.920. The molecule has 10 heteroatoms. The molecule has 6 rings (SSSR count). The second-order valence-electron chi connectivity index (χ2n) is 10.7. The molecule has 220 valence electrons. The number of hydrogen-bond donors (Lipinski definition) is 1. The number of aliphatic hydroxyl groups excluding tert-OH is 1. The van der Waals surface area contributed by atoms with E-state index in [4.69, 9.17) is 9.47 Å². The van der Waals surface area contributed by atoms with Crippen molar-refractivity contribution in [1.82, 2.24) is 10.2 Å². The predicted octanol–water partition coefficient (Wildman–Crippen LogP) is 6.88. The van der Waals surface area contributed by atoms with Crippen molar-refractivity contribution in [2.45, 2.75) is 55.9 Å². The summed E-state index contributed by atoms with van der Waals surface area (Å²) >= 11 is 2.76. The van der Waals surface area contributed by atoms with E-state index in [9.17, 15) is 14.7 Å². The number of nitrogens with zero attached hydrogens (tertiary/aromatic N) is 3. The highest BCUT2D eigenvalue weighted by molar-refractivity contribution is 8.00. The van der Waals surface area contributed by atoms with Crippen molar-refractivity contribution >= 4 is 45.7 Å². The summed E-state index contributed by atoms with van der Waals surface area (Å²) in [6.45, 7) is 6.57. The Morgan fingerprint density at radius 2 is 1.93 bits per heavy atom. The maximum Gasteiger partial charge on any atom is 0.301 e. The maximum absolute atomic E-state index is 13.7. The summed E-state index contributed by atoms with van der Waals surface area (Å²) in [5, 5.41) is 20.6. The van der Waals surface area contributed by atoms with Gasteiger partial charge in [0.15, 0.2) is 4.34 Å². The number of rotatable bonds is 9. The van der Waals surface area contributed by atoms with Crippen molar-refractivity contribution in [3.63, 3.8) is 0 Å². The molecule has 0 spiro atoms. The van der Waals surface area contributed by atoms with Crippen molar-refractivity contribution in [2.24, 2.45) is 0 Å². The van der Waals surface area contributed by atoms with Crippen LogP contribution >= 0.6 is 23.1 Å². The summed E-state index contributed by atoms with van der Waals surface area (Å²) in [6, 6.07) is 20.0. The monoisotopic (exact) mass is 613 g/mol. The van der Waals surface area contributed by atoms with Crippen LogP contribution < -0.4 is 14.4 Å². The minimum absolute atomic E-state index is 0.00591. The molecule has 2 atom stereocenters. The van der Waals surface area contributed by atoms with E-state index in [2.05, 4.69) is 34.5 Å². The first-order valence-electron chi connectivity index (χ1n) is 14.2. The van der Waals surface area contributed by atoms with Gasteiger partial charge in [0.2, 0.25) is 5.13 Å². The molecule has 3 aromatic carbocycles. The number of thioether (sulfide) groups is 1. The highest BCUT2D eigenvalue weighted by atomic mass is 32.2. The number of Topliss-reactive ketones (excluding diaryl/α,β-unsaturated/α-hetero) is 1. The summed E-state index contributed by atoms with van der Waals surface area (Å²) in [6.07, 6.45) is 1.55. The fourth-order valence-corrected chi connectivity index (χ4v) is 7.08. The largest absolute Gasteiger partial charge is 0.507 e. The number of benzene rings is 3. The van der Waals surface area contributed by atoms with Crippen LogP contribution in [0.15, 0.2) is 76.6 Å². The molecule has 2 unspecified atom stereocenters. The Morgan fingerprint density at radius 1 is 1.12 bits per heavy atom. The van der Waals surface area contributed by atoms with Gasteiger partial charge in [0, 0.05) is 17.7 Å². The Morgan fingerprint density at radius 3 is 2.72 bits per heavy atom. The maximum atomic E-state index is 13.7. The highest BCUT2D eigenvalue weighted by Gasteiger charge is 2.48. The van der Waals surface area contributed by atoms with E-state index >= 15 is 0 Å². The number of carbonyl (C=O) groups excluding carboxylic acids is 2. The number of hydrogen-bond acceptors (Lipinski definition) is 9. The average molecular weight is 614 g/mol. The van der Waals surface area contributed by atoms with Crippen LogP contribution in [0.2, 0.25) is 0 Å². The van der Waals surface area contributed by atoms with Gasteiger partial charge in [-0.05, 0) is 67.3 Å². The zero-order valence-corrected chi connectivity index (χ0v) is 25.7. The van der Waals surface area contributed by atoms with Crippen molar-refractivity contribution in [1.29, 1.82) is 0 Å². The molecule has 0 bridgehead atoms. The standard InChI is InChI=1S/C33H31N3O5S2/c1-4-14-40-25-7-5-6-22(17-25)28-27(29(37)23-12-13-26-24(16-23)15-20(3)41-26)30(38)31(39)36(28)32-34-35-33(43-32)42-18-21-10-8-19(2)9-11-21/h5-13,16-17,20,28,37H,4,14-15,18H2,1-3H3. The van der Waals surface area contributed by atoms with Gasteiger partial charge in [-0.15, -0.1) is 10.2 Å². The summed E-state index contributed by atoms with van der Waals surface area (Å²) in [5.74, 6) is 0.264. The van der Waals surface area contributed by atoms with Crippen LogP contribution in [0.3, 0.4) is 0 Å². The Hall–Kier alpha value is -4.15. The van der Waals surface area contributed by atoms with Crippen LogP contribution in [0.5, 0.6) is 11.5 Å². The molecule has 0 saturated carbocycles. The summed E-state index contributed by atoms with van der Waals surface area (Å²) in [7, 11) is 0. The normalized spacial score (nSPS) is 19.0. The van der Waals surface area contributed by atoms with Gasteiger partial charge in [-0.2, -0.15) is 0 Å². The van der Waals surface area contributed by atoms with Crippen LogP contribution in [0.25, 0.3) is 5.76 Å². The molecule has 1 aromatic heterocycles. The smallest absolute Gasteiger partial charge is 0.301 e. The number of ketones is 1. The first-order chi connectivity index (χ1) is 20.8. The molecule has 2 aliphatic heterocycles.